The summed E-state index contributed by atoms with van der Waals surface area (Å²) in [7, 11) is 0. The Bertz CT molecular complexity index is 1450. The van der Waals surface area contributed by atoms with Crippen molar-refractivity contribution in [2.45, 2.75) is 44.6 Å². The Morgan fingerprint density at radius 3 is 2.27 bits per heavy atom. The van der Waals surface area contributed by atoms with Gasteiger partial charge in [0.2, 0.25) is 0 Å². The molecular formula is C30H26BrCl2N3O4. The molecule has 10 heteroatoms. The number of halogens is 3. The Balaban J connectivity index is 1.34. The first-order chi connectivity index (χ1) is 19.3. The average Bonchev–Trinajstić information content (AvgIpc) is 2.96. The predicted molar refractivity (Wildman–Crippen MR) is 158 cm³/mol. The molecule has 1 saturated carbocycles. The number of ether oxygens (including phenoxy) is 1. The van der Waals surface area contributed by atoms with Gasteiger partial charge in [0.05, 0.1) is 25.5 Å². The van der Waals surface area contributed by atoms with Crippen LogP contribution in [0.15, 0.2) is 77.2 Å². The smallest absolute Gasteiger partial charge is 0.334 e. The van der Waals surface area contributed by atoms with Gasteiger partial charge in [-0.3, -0.25) is 14.6 Å². The summed E-state index contributed by atoms with van der Waals surface area (Å²) in [5.41, 5.74) is 1.72. The van der Waals surface area contributed by atoms with Crippen LogP contribution in [-0.4, -0.2) is 28.7 Å². The average molecular weight is 643 g/mol. The number of carbonyl (C=O) groups is 3. The number of carbonyl (C=O) groups excluding carboxylic acids is 3. The minimum Gasteiger partial charge on any atom is -0.425 e. The zero-order valence-corrected chi connectivity index (χ0v) is 24.5. The van der Waals surface area contributed by atoms with Crippen LogP contribution in [0, 0.1) is 5.41 Å². The van der Waals surface area contributed by atoms with Gasteiger partial charge in [-0.1, -0.05) is 72.8 Å². The van der Waals surface area contributed by atoms with Gasteiger partial charge in [-0.2, -0.15) is 0 Å². The van der Waals surface area contributed by atoms with Crippen molar-refractivity contribution in [2.24, 2.45) is 5.41 Å². The van der Waals surface area contributed by atoms with Gasteiger partial charge in [0, 0.05) is 30.2 Å². The number of nitrogens with one attached hydrogen (secondary N) is 2. The van der Waals surface area contributed by atoms with E-state index in [-0.39, 0.29) is 21.4 Å². The van der Waals surface area contributed by atoms with Crippen molar-refractivity contribution >= 4 is 62.5 Å². The highest BCUT2D eigenvalue weighted by molar-refractivity contribution is 9.12. The van der Waals surface area contributed by atoms with Crippen LogP contribution in [0.2, 0.25) is 10.0 Å². The number of allylic oxidation sites excluding steroid dienone is 2. The van der Waals surface area contributed by atoms with Gasteiger partial charge < -0.3 is 15.4 Å². The molecule has 0 aliphatic heterocycles. The molecule has 1 amide bonds. The van der Waals surface area contributed by atoms with E-state index in [0.717, 1.165) is 43.4 Å². The third kappa shape index (κ3) is 5.80. The number of nitrogens with zero attached hydrogens (tertiary/aromatic N) is 1. The lowest BCUT2D eigenvalue weighted by atomic mass is 9.62. The molecule has 1 heterocycles. The fourth-order valence-electron chi connectivity index (χ4n) is 5.24. The van der Waals surface area contributed by atoms with E-state index in [1.165, 1.54) is 12.4 Å². The Hall–Kier alpha value is -3.20. The molecule has 40 heavy (non-hydrogen) atoms. The van der Waals surface area contributed by atoms with Crippen LogP contribution in [0.1, 0.15) is 48.0 Å². The highest BCUT2D eigenvalue weighted by Crippen LogP contribution is 2.53. The number of anilines is 1. The summed E-state index contributed by atoms with van der Waals surface area (Å²) in [5, 5.41) is 6.46. The fourth-order valence-corrected chi connectivity index (χ4v) is 6.65. The number of benzene rings is 2. The van der Waals surface area contributed by atoms with Crippen LogP contribution < -0.4 is 15.4 Å². The van der Waals surface area contributed by atoms with Crippen molar-refractivity contribution < 1.29 is 19.1 Å². The van der Waals surface area contributed by atoms with E-state index in [4.69, 9.17) is 27.9 Å². The lowest BCUT2D eigenvalue weighted by Gasteiger charge is -2.46. The van der Waals surface area contributed by atoms with Gasteiger partial charge in [-0.15, -0.1) is 0 Å². The Morgan fingerprint density at radius 1 is 0.975 bits per heavy atom. The molecule has 2 N–H and O–H groups in total. The van der Waals surface area contributed by atoms with E-state index in [2.05, 4.69) is 31.5 Å². The molecule has 3 aromatic rings. The Labute approximate surface area is 250 Å². The minimum atomic E-state index is -0.746. The van der Waals surface area contributed by atoms with E-state index < -0.39 is 23.3 Å². The number of hydrogen-bond donors (Lipinski definition) is 2. The molecule has 206 valence electrons. The van der Waals surface area contributed by atoms with Crippen molar-refractivity contribution in [3.63, 3.8) is 0 Å². The molecular weight excluding hydrogens is 617 g/mol. The molecule has 1 aromatic heterocycles. The van der Waals surface area contributed by atoms with Crippen LogP contribution in [0.3, 0.4) is 0 Å². The number of hydrogen-bond acceptors (Lipinski definition) is 6. The van der Waals surface area contributed by atoms with Crippen molar-refractivity contribution in [3.05, 3.63) is 98.3 Å². The summed E-state index contributed by atoms with van der Waals surface area (Å²) in [6.45, 7) is 0. The molecule has 2 aliphatic rings. The molecule has 0 saturated heterocycles. The molecule has 1 spiro atoms. The standard InChI is InChI=1S/C30H26BrCl2N3O4/c31-25-26(30(27(25)37)13-5-2-6-14-30)36-23(29(39)40-20-7-3-1-4-8-20)15-18-9-11-19(12-10-18)35-28(38)24-21(32)16-34-17-22(24)33/h1,3-4,7-12,16-17,23,36H,2,5-6,13-15H2,(H,35,38)/t23-/m0/s1. The molecule has 7 nitrogen and oxygen atoms in total. The van der Waals surface area contributed by atoms with Gasteiger partial charge >= 0.3 is 5.97 Å². The molecule has 5 rings (SSSR count). The van der Waals surface area contributed by atoms with E-state index in [1.54, 1.807) is 36.4 Å². The minimum absolute atomic E-state index is 0.0966. The first-order valence-electron chi connectivity index (χ1n) is 13.0. The predicted octanol–water partition coefficient (Wildman–Crippen LogP) is 6.89. The lowest BCUT2D eigenvalue weighted by Crippen LogP contribution is -2.54. The highest BCUT2D eigenvalue weighted by atomic mass is 79.9. The van der Waals surface area contributed by atoms with Crippen molar-refractivity contribution in [2.75, 3.05) is 5.32 Å². The number of esters is 1. The van der Waals surface area contributed by atoms with Crippen LogP contribution >= 0.6 is 39.1 Å². The van der Waals surface area contributed by atoms with Gasteiger partial charge in [0.25, 0.3) is 5.91 Å². The molecule has 1 atom stereocenters. The second kappa shape index (κ2) is 12.1. The lowest BCUT2D eigenvalue weighted by molar-refractivity contribution is -0.137. The Kier molecular flexibility index (Phi) is 8.59. The number of pyridine rings is 1. The maximum Gasteiger partial charge on any atom is 0.334 e. The molecule has 2 aromatic carbocycles. The topological polar surface area (TPSA) is 97.4 Å². The zero-order chi connectivity index (χ0) is 28.3. The van der Waals surface area contributed by atoms with E-state index >= 15 is 0 Å². The fraction of sp³-hybridized carbons (Fsp3) is 0.267. The number of ketones is 1. The van der Waals surface area contributed by atoms with E-state index in [0.29, 0.717) is 22.3 Å². The molecule has 0 radical (unpaired) electrons. The number of para-hydroxylation sites is 1. The van der Waals surface area contributed by atoms with Crippen LogP contribution in [0.5, 0.6) is 5.75 Å². The van der Waals surface area contributed by atoms with Crippen molar-refractivity contribution in [1.82, 2.24) is 10.3 Å². The number of rotatable bonds is 8. The third-order valence-electron chi connectivity index (χ3n) is 7.34. The number of Topliss-reactive ketones (excluding diaryl/α,β-unsaturated/α-hetero) is 1. The first kappa shape index (κ1) is 28.3. The quantitative estimate of drug-likeness (QED) is 0.205. The van der Waals surface area contributed by atoms with Crippen LogP contribution in [0.4, 0.5) is 5.69 Å². The van der Waals surface area contributed by atoms with Crippen LogP contribution in [0.25, 0.3) is 0 Å². The Morgan fingerprint density at radius 2 is 1.62 bits per heavy atom. The zero-order valence-electron chi connectivity index (χ0n) is 21.4. The molecule has 1 fully saturated rings. The van der Waals surface area contributed by atoms with Gasteiger partial charge in [-0.25, -0.2) is 4.79 Å². The number of amides is 1. The second-order valence-corrected chi connectivity index (χ2v) is 11.5. The molecule has 2 aliphatic carbocycles. The molecule has 0 bridgehead atoms. The highest BCUT2D eigenvalue weighted by Gasteiger charge is 2.53. The largest absolute Gasteiger partial charge is 0.425 e. The van der Waals surface area contributed by atoms with Gasteiger partial charge in [0.15, 0.2) is 5.78 Å². The van der Waals surface area contributed by atoms with Gasteiger partial charge in [0.1, 0.15) is 11.8 Å². The van der Waals surface area contributed by atoms with Crippen molar-refractivity contribution in [1.29, 1.82) is 0 Å². The molecule has 0 unspecified atom stereocenters. The van der Waals surface area contributed by atoms with Gasteiger partial charge in [-0.05, 0) is 58.6 Å². The summed E-state index contributed by atoms with van der Waals surface area (Å²) in [4.78, 5) is 42.9. The maximum absolute atomic E-state index is 13.4. The summed E-state index contributed by atoms with van der Waals surface area (Å²) >= 11 is 15.7. The summed E-state index contributed by atoms with van der Waals surface area (Å²) < 4.78 is 6.19. The maximum atomic E-state index is 13.4. The third-order valence-corrected chi connectivity index (χ3v) is 8.67. The summed E-state index contributed by atoms with van der Waals surface area (Å²) in [6.07, 6.45) is 7.59. The van der Waals surface area contributed by atoms with Crippen molar-refractivity contribution in [3.8, 4) is 5.75 Å². The van der Waals surface area contributed by atoms with E-state index in [1.807, 2.05) is 18.2 Å². The number of aromatic nitrogens is 1. The van der Waals surface area contributed by atoms with Crippen LogP contribution in [-0.2, 0) is 16.0 Å². The summed E-state index contributed by atoms with van der Waals surface area (Å²) in [5.74, 6) is -0.376. The normalized spacial score (nSPS) is 16.7. The SMILES string of the molecule is O=C(Nc1ccc(C[C@H](NC2=C(Br)C(=O)C23CCCCC3)C(=O)Oc2ccccc2)cc1)c1c(Cl)cncc1Cl. The second-order valence-electron chi connectivity index (χ2n) is 9.93. The van der Waals surface area contributed by atoms with E-state index in [9.17, 15) is 14.4 Å². The first-order valence-corrected chi connectivity index (χ1v) is 14.5. The summed E-state index contributed by atoms with van der Waals surface area (Å²) in [6, 6.07) is 15.3. The monoisotopic (exact) mass is 641 g/mol.